The van der Waals surface area contributed by atoms with Crippen molar-refractivity contribution in [3.05, 3.63) is 5.89 Å². The number of aromatic nitrogens is 2. The van der Waals surface area contributed by atoms with Crippen LogP contribution in [0.15, 0.2) is 4.42 Å². The van der Waals surface area contributed by atoms with Crippen molar-refractivity contribution in [2.45, 2.75) is 58.9 Å². The molecule has 0 spiro atoms. The van der Waals surface area contributed by atoms with Crippen molar-refractivity contribution in [3.8, 4) is 0 Å². The van der Waals surface area contributed by atoms with E-state index in [0.717, 1.165) is 19.5 Å². The van der Waals surface area contributed by atoms with E-state index in [1.807, 2.05) is 6.92 Å². The van der Waals surface area contributed by atoms with Gasteiger partial charge in [0.2, 0.25) is 5.89 Å². The summed E-state index contributed by atoms with van der Waals surface area (Å²) in [5.41, 5.74) is 0. The fraction of sp³-hybridized carbons (Fsp3) is 0.846. The molecule has 0 atom stereocenters. The zero-order valence-corrected chi connectivity index (χ0v) is 11.7. The van der Waals surface area contributed by atoms with Crippen LogP contribution in [0.1, 0.15) is 58.3 Å². The van der Waals surface area contributed by atoms with Crippen molar-refractivity contribution >= 4 is 6.01 Å². The van der Waals surface area contributed by atoms with E-state index < -0.39 is 0 Å². The SMILES string of the molecule is CCCCCCCCNc1nnc(CNCC)o1. The molecule has 0 unspecified atom stereocenters. The van der Waals surface area contributed by atoms with Crippen LogP contribution in [0.2, 0.25) is 0 Å². The molecule has 0 aromatic carbocycles. The zero-order chi connectivity index (χ0) is 13.1. The van der Waals surface area contributed by atoms with Gasteiger partial charge < -0.3 is 15.1 Å². The van der Waals surface area contributed by atoms with Crippen molar-refractivity contribution in [2.24, 2.45) is 0 Å². The predicted molar refractivity (Wildman–Crippen MR) is 73.5 cm³/mol. The summed E-state index contributed by atoms with van der Waals surface area (Å²) in [6.45, 7) is 6.75. The maximum absolute atomic E-state index is 5.43. The lowest BCUT2D eigenvalue weighted by molar-refractivity contribution is 0.480. The van der Waals surface area contributed by atoms with Gasteiger partial charge in [-0.25, -0.2) is 0 Å². The highest BCUT2D eigenvalue weighted by Gasteiger charge is 2.03. The van der Waals surface area contributed by atoms with Gasteiger partial charge in [0, 0.05) is 6.54 Å². The number of nitrogens with zero attached hydrogens (tertiary/aromatic N) is 2. The summed E-state index contributed by atoms with van der Waals surface area (Å²) in [4.78, 5) is 0. The van der Waals surface area contributed by atoms with Crippen LogP contribution < -0.4 is 10.6 Å². The van der Waals surface area contributed by atoms with E-state index in [-0.39, 0.29) is 0 Å². The largest absolute Gasteiger partial charge is 0.407 e. The Kier molecular flexibility index (Phi) is 8.21. The Morgan fingerprint density at radius 2 is 1.78 bits per heavy atom. The molecule has 0 saturated carbocycles. The number of hydrogen-bond acceptors (Lipinski definition) is 5. The average Bonchev–Trinajstić information content (AvgIpc) is 2.83. The van der Waals surface area contributed by atoms with E-state index in [2.05, 4.69) is 27.8 Å². The van der Waals surface area contributed by atoms with E-state index in [4.69, 9.17) is 4.42 Å². The highest BCUT2D eigenvalue weighted by Crippen LogP contribution is 2.07. The lowest BCUT2D eigenvalue weighted by Crippen LogP contribution is -2.11. The van der Waals surface area contributed by atoms with Gasteiger partial charge in [0.15, 0.2) is 0 Å². The molecule has 2 N–H and O–H groups in total. The zero-order valence-electron chi connectivity index (χ0n) is 11.7. The van der Waals surface area contributed by atoms with Gasteiger partial charge in [-0.2, -0.15) is 0 Å². The summed E-state index contributed by atoms with van der Waals surface area (Å²) in [7, 11) is 0. The van der Waals surface area contributed by atoms with Gasteiger partial charge in [-0.15, -0.1) is 5.10 Å². The predicted octanol–water partition coefficient (Wildman–Crippen LogP) is 2.95. The minimum atomic E-state index is 0.538. The standard InChI is InChI=1S/C13H26N4O/c1-3-5-6-7-8-9-10-15-13-17-16-12(18-13)11-14-4-2/h14H,3-11H2,1-2H3,(H,15,17). The second-order valence-corrected chi connectivity index (χ2v) is 4.48. The van der Waals surface area contributed by atoms with Gasteiger partial charge in [0.1, 0.15) is 0 Å². The van der Waals surface area contributed by atoms with Crippen LogP contribution in [0.4, 0.5) is 6.01 Å². The number of hydrogen-bond donors (Lipinski definition) is 2. The lowest BCUT2D eigenvalue weighted by Gasteiger charge is -2.01. The molecule has 1 aromatic heterocycles. The fourth-order valence-electron chi connectivity index (χ4n) is 1.73. The van der Waals surface area contributed by atoms with Crippen molar-refractivity contribution in [2.75, 3.05) is 18.4 Å². The molecule has 1 rings (SSSR count). The molecule has 0 aliphatic heterocycles. The van der Waals surface area contributed by atoms with E-state index in [0.29, 0.717) is 18.5 Å². The molecular weight excluding hydrogens is 228 g/mol. The third-order valence-electron chi connectivity index (χ3n) is 2.80. The fourth-order valence-corrected chi connectivity index (χ4v) is 1.73. The van der Waals surface area contributed by atoms with Gasteiger partial charge in [-0.05, 0) is 13.0 Å². The minimum Gasteiger partial charge on any atom is -0.407 e. The molecule has 1 aromatic rings. The van der Waals surface area contributed by atoms with Crippen LogP contribution >= 0.6 is 0 Å². The summed E-state index contributed by atoms with van der Waals surface area (Å²) in [6.07, 6.45) is 7.76. The summed E-state index contributed by atoms with van der Waals surface area (Å²) >= 11 is 0. The van der Waals surface area contributed by atoms with E-state index >= 15 is 0 Å². The lowest BCUT2D eigenvalue weighted by atomic mass is 10.1. The molecule has 0 amide bonds. The van der Waals surface area contributed by atoms with Crippen molar-refractivity contribution < 1.29 is 4.42 Å². The van der Waals surface area contributed by atoms with E-state index in [1.54, 1.807) is 0 Å². The first-order chi connectivity index (χ1) is 8.86. The Bertz CT molecular complexity index is 301. The second-order valence-electron chi connectivity index (χ2n) is 4.48. The van der Waals surface area contributed by atoms with E-state index in [9.17, 15) is 0 Å². The van der Waals surface area contributed by atoms with Crippen molar-refractivity contribution in [3.63, 3.8) is 0 Å². The molecule has 1 heterocycles. The van der Waals surface area contributed by atoms with Crippen LogP contribution in [0, 0.1) is 0 Å². The van der Waals surface area contributed by atoms with Gasteiger partial charge >= 0.3 is 6.01 Å². The van der Waals surface area contributed by atoms with Crippen LogP contribution in [0.25, 0.3) is 0 Å². The number of unbranched alkanes of at least 4 members (excludes halogenated alkanes) is 5. The third-order valence-corrected chi connectivity index (χ3v) is 2.80. The normalized spacial score (nSPS) is 10.8. The quantitative estimate of drug-likeness (QED) is 0.594. The van der Waals surface area contributed by atoms with Crippen LogP contribution in [0.5, 0.6) is 0 Å². The Hall–Kier alpha value is -1.10. The molecule has 104 valence electrons. The molecule has 5 nitrogen and oxygen atoms in total. The first-order valence-corrected chi connectivity index (χ1v) is 7.13. The molecule has 0 bridgehead atoms. The van der Waals surface area contributed by atoms with Gasteiger partial charge in [-0.3, -0.25) is 0 Å². The monoisotopic (exact) mass is 254 g/mol. The first-order valence-electron chi connectivity index (χ1n) is 7.13. The summed E-state index contributed by atoms with van der Waals surface area (Å²) in [5.74, 6) is 0.641. The topological polar surface area (TPSA) is 63.0 Å². The third kappa shape index (κ3) is 6.59. The first kappa shape index (κ1) is 15.0. The van der Waals surface area contributed by atoms with Gasteiger partial charge in [-0.1, -0.05) is 51.1 Å². The molecule has 0 aliphatic rings. The highest BCUT2D eigenvalue weighted by molar-refractivity contribution is 5.16. The smallest absolute Gasteiger partial charge is 0.315 e. The Balaban J connectivity index is 2.03. The molecule has 0 saturated heterocycles. The minimum absolute atomic E-state index is 0.538. The second kappa shape index (κ2) is 9.88. The molecule has 0 radical (unpaired) electrons. The highest BCUT2D eigenvalue weighted by atomic mass is 16.4. The number of anilines is 1. The van der Waals surface area contributed by atoms with Crippen LogP contribution in [-0.2, 0) is 6.54 Å². The molecule has 5 heteroatoms. The summed E-state index contributed by atoms with van der Waals surface area (Å²) in [6, 6.07) is 0.538. The van der Waals surface area contributed by atoms with Crippen LogP contribution in [0.3, 0.4) is 0 Å². The Labute approximate surface area is 110 Å². The van der Waals surface area contributed by atoms with Gasteiger partial charge in [0.25, 0.3) is 0 Å². The molecule has 0 fully saturated rings. The Morgan fingerprint density at radius 1 is 1.00 bits per heavy atom. The maximum atomic E-state index is 5.43. The molecular formula is C13H26N4O. The number of rotatable bonds is 11. The summed E-state index contributed by atoms with van der Waals surface area (Å²) < 4.78 is 5.43. The average molecular weight is 254 g/mol. The summed E-state index contributed by atoms with van der Waals surface area (Å²) in [5, 5.41) is 14.2. The molecule has 0 aliphatic carbocycles. The van der Waals surface area contributed by atoms with E-state index in [1.165, 1.54) is 32.1 Å². The van der Waals surface area contributed by atoms with Gasteiger partial charge in [0.05, 0.1) is 6.54 Å². The van der Waals surface area contributed by atoms with Crippen molar-refractivity contribution in [1.82, 2.24) is 15.5 Å². The van der Waals surface area contributed by atoms with Crippen molar-refractivity contribution in [1.29, 1.82) is 0 Å². The number of nitrogens with one attached hydrogen (secondary N) is 2. The molecule has 18 heavy (non-hydrogen) atoms. The Morgan fingerprint density at radius 3 is 2.56 bits per heavy atom. The van der Waals surface area contributed by atoms with Crippen LogP contribution in [-0.4, -0.2) is 23.3 Å². The maximum Gasteiger partial charge on any atom is 0.315 e.